The average molecular weight is 307 g/mol. The summed E-state index contributed by atoms with van der Waals surface area (Å²) < 4.78 is 0. The van der Waals surface area contributed by atoms with Crippen LogP contribution in [0.2, 0.25) is 0 Å². The fourth-order valence-electron chi connectivity index (χ4n) is 2.15. The van der Waals surface area contributed by atoms with Crippen LogP contribution in [0.4, 0.5) is 5.69 Å². The van der Waals surface area contributed by atoms with Crippen molar-refractivity contribution in [2.75, 3.05) is 18.4 Å². The summed E-state index contributed by atoms with van der Waals surface area (Å²) in [6.45, 7) is 7.97. The lowest BCUT2D eigenvalue weighted by molar-refractivity contribution is -0.120. The van der Waals surface area contributed by atoms with E-state index in [0.717, 1.165) is 37.2 Å². The van der Waals surface area contributed by atoms with E-state index in [1.165, 1.54) is 0 Å². The smallest absolute Gasteiger partial charge is 0.241 e. The Morgan fingerprint density at radius 3 is 2.71 bits per heavy atom. The standard InChI is InChI=1S/C16H25N3OS/c1-4-6-10-19(5-2)12(3)16(20)18-14-9-7-8-13(11-14)15(17)21/h7-9,11-12H,4-6,10H2,1-3H3,(H2,17,21)(H,18,20). The molecule has 1 amide bonds. The molecule has 0 aromatic heterocycles. The number of nitrogens with one attached hydrogen (secondary N) is 1. The van der Waals surface area contributed by atoms with Crippen molar-refractivity contribution in [3.05, 3.63) is 29.8 Å². The number of likely N-dealkylation sites (N-methyl/N-ethyl adjacent to an activating group) is 1. The van der Waals surface area contributed by atoms with Crippen LogP contribution in [0.3, 0.4) is 0 Å². The minimum Gasteiger partial charge on any atom is -0.389 e. The first-order valence-electron chi connectivity index (χ1n) is 7.44. The fourth-order valence-corrected chi connectivity index (χ4v) is 2.28. The first kappa shape index (κ1) is 17.6. The van der Waals surface area contributed by atoms with E-state index in [1.807, 2.05) is 25.1 Å². The summed E-state index contributed by atoms with van der Waals surface area (Å²) in [6, 6.07) is 7.16. The third kappa shape index (κ3) is 5.44. The number of hydrogen-bond donors (Lipinski definition) is 2. The highest BCUT2D eigenvalue weighted by atomic mass is 32.1. The Labute approximate surface area is 132 Å². The van der Waals surface area contributed by atoms with Gasteiger partial charge >= 0.3 is 0 Å². The summed E-state index contributed by atoms with van der Waals surface area (Å²) in [7, 11) is 0. The molecule has 0 aliphatic heterocycles. The SMILES string of the molecule is CCCCN(CC)C(C)C(=O)Nc1cccc(C(N)=S)c1. The quantitative estimate of drug-likeness (QED) is 0.725. The van der Waals surface area contributed by atoms with Gasteiger partial charge < -0.3 is 11.1 Å². The van der Waals surface area contributed by atoms with E-state index >= 15 is 0 Å². The molecule has 1 aromatic carbocycles. The molecular weight excluding hydrogens is 282 g/mol. The highest BCUT2D eigenvalue weighted by molar-refractivity contribution is 7.80. The molecule has 21 heavy (non-hydrogen) atoms. The second-order valence-electron chi connectivity index (χ2n) is 5.09. The molecule has 1 unspecified atom stereocenters. The molecule has 0 saturated carbocycles. The van der Waals surface area contributed by atoms with E-state index < -0.39 is 0 Å². The van der Waals surface area contributed by atoms with E-state index in [4.69, 9.17) is 18.0 Å². The van der Waals surface area contributed by atoms with Gasteiger partial charge in [-0.15, -0.1) is 0 Å². The third-order valence-corrected chi connectivity index (χ3v) is 3.78. The molecule has 0 aliphatic rings. The minimum atomic E-state index is -0.157. The van der Waals surface area contributed by atoms with Gasteiger partial charge in [0.25, 0.3) is 0 Å². The number of carbonyl (C=O) groups excluding carboxylic acids is 1. The number of nitrogens with two attached hydrogens (primary N) is 1. The highest BCUT2D eigenvalue weighted by Crippen LogP contribution is 2.12. The van der Waals surface area contributed by atoms with Gasteiger partial charge in [0.2, 0.25) is 5.91 Å². The minimum absolute atomic E-state index is 0.00644. The zero-order valence-corrected chi connectivity index (χ0v) is 13.9. The topological polar surface area (TPSA) is 58.4 Å². The third-order valence-electron chi connectivity index (χ3n) is 3.55. The van der Waals surface area contributed by atoms with E-state index in [9.17, 15) is 4.79 Å². The van der Waals surface area contributed by atoms with Crippen LogP contribution in [-0.2, 0) is 4.79 Å². The van der Waals surface area contributed by atoms with Crippen LogP contribution in [0.1, 0.15) is 39.2 Å². The molecule has 0 heterocycles. The number of nitrogens with zero attached hydrogens (tertiary/aromatic N) is 1. The fraction of sp³-hybridized carbons (Fsp3) is 0.500. The largest absolute Gasteiger partial charge is 0.389 e. The number of thiocarbonyl (C=S) groups is 1. The van der Waals surface area contributed by atoms with Crippen molar-refractivity contribution in [1.82, 2.24) is 4.90 Å². The van der Waals surface area contributed by atoms with Crippen LogP contribution < -0.4 is 11.1 Å². The van der Waals surface area contributed by atoms with Gasteiger partial charge in [-0.25, -0.2) is 0 Å². The summed E-state index contributed by atoms with van der Waals surface area (Å²) >= 11 is 4.95. The van der Waals surface area contributed by atoms with Gasteiger partial charge in [0, 0.05) is 11.3 Å². The summed E-state index contributed by atoms with van der Waals surface area (Å²) in [6.07, 6.45) is 2.23. The molecule has 1 rings (SSSR count). The molecule has 0 aliphatic carbocycles. The molecule has 0 spiro atoms. The molecular formula is C16H25N3OS. The maximum Gasteiger partial charge on any atom is 0.241 e. The van der Waals surface area contributed by atoms with E-state index in [2.05, 4.69) is 24.1 Å². The molecule has 0 fully saturated rings. The monoisotopic (exact) mass is 307 g/mol. The number of amides is 1. The van der Waals surface area contributed by atoms with Crippen molar-refractivity contribution in [2.24, 2.45) is 5.73 Å². The number of unbranched alkanes of at least 4 members (excludes halogenated alkanes) is 1. The number of carbonyl (C=O) groups is 1. The Kier molecular flexibility index (Phi) is 7.32. The first-order chi connectivity index (χ1) is 9.99. The van der Waals surface area contributed by atoms with Gasteiger partial charge in [0.15, 0.2) is 0 Å². The Bertz CT molecular complexity index is 490. The molecule has 116 valence electrons. The van der Waals surface area contributed by atoms with Crippen molar-refractivity contribution >= 4 is 28.8 Å². The zero-order chi connectivity index (χ0) is 15.8. The van der Waals surface area contributed by atoms with Crippen molar-refractivity contribution in [1.29, 1.82) is 0 Å². The average Bonchev–Trinajstić information content (AvgIpc) is 2.48. The summed E-state index contributed by atoms with van der Waals surface area (Å²) in [4.78, 5) is 14.8. The van der Waals surface area contributed by atoms with Crippen LogP contribution in [0.15, 0.2) is 24.3 Å². The van der Waals surface area contributed by atoms with E-state index in [-0.39, 0.29) is 11.9 Å². The van der Waals surface area contributed by atoms with Crippen molar-refractivity contribution in [3.63, 3.8) is 0 Å². The number of hydrogen-bond acceptors (Lipinski definition) is 3. The lowest BCUT2D eigenvalue weighted by Gasteiger charge is -2.26. The van der Waals surface area contributed by atoms with Crippen LogP contribution in [-0.4, -0.2) is 34.9 Å². The summed E-state index contributed by atoms with van der Waals surface area (Å²) in [5.41, 5.74) is 7.09. The number of anilines is 1. The van der Waals surface area contributed by atoms with Crippen molar-refractivity contribution in [3.8, 4) is 0 Å². The van der Waals surface area contributed by atoms with Gasteiger partial charge in [-0.05, 0) is 38.6 Å². The Balaban J connectivity index is 2.70. The molecule has 4 nitrogen and oxygen atoms in total. The molecule has 0 radical (unpaired) electrons. The summed E-state index contributed by atoms with van der Waals surface area (Å²) in [5, 5.41) is 2.93. The van der Waals surface area contributed by atoms with Crippen molar-refractivity contribution in [2.45, 2.75) is 39.7 Å². The second kappa shape index (κ2) is 8.74. The second-order valence-corrected chi connectivity index (χ2v) is 5.53. The van der Waals surface area contributed by atoms with Crippen LogP contribution in [0.5, 0.6) is 0 Å². The molecule has 0 bridgehead atoms. The molecule has 5 heteroatoms. The Hall–Kier alpha value is -1.46. The van der Waals surface area contributed by atoms with Gasteiger partial charge in [0.05, 0.1) is 6.04 Å². The molecule has 0 saturated heterocycles. The zero-order valence-electron chi connectivity index (χ0n) is 13.1. The normalized spacial score (nSPS) is 12.2. The number of rotatable bonds is 8. The van der Waals surface area contributed by atoms with Gasteiger partial charge in [0.1, 0.15) is 4.99 Å². The van der Waals surface area contributed by atoms with Crippen LogP contribution in [0.25, 0.3) is 0 Å². The first-order valence-corrected chi connectivity index (χ1v) is 7.85. The maximum absolute atomic E-state index is 12.3. The van der Waals surface area contributed by atoms with Crippen LogP contribution >= 0.6 is 12.2 Å². The lowest BCUT2D eigenvalue weighted by atomic mass is 10.2. The maximum atomic E-state index is 12.3. The van der Waals surface area contributed by atoms with Crippen LogP contribution in [0, 0.1) is 0 Å². The van der Waals surface area contributed by atoms with Gasteiger partial charge in [-0.3, -0.25) is 9.69 Å². The number of benzene rings is 1. The Morgan fingerprint density at radius 2 is 2.14 bits per heavy atom. The lowest BCUT2D eigenvalue weighted by Crippen LogP contribution is -2.42. The highest BCUT2D eigenvalue weighted by Gasteiger charge is 2.19. The van der Waals surface area contributed by atoms with Gasteiger partial charge in [-0.2, -0.15) is 0 Å². The predicted octanol–water partition coefficient (Wildman–Crippen LogP) is 2.77. The molecule has 1 atom stereocenters. The predicted molar refractivity (Wildman–Crippen MR) is 92.6 cm³/mol. The molecule has 3 N–H and O–H groups in total. The Morgan fingerprint density at radius 1 is 1.43 bits per heavy atom. The van der Waals surface area contributed by atoms with E-state index in [0.29, 0.717) is 4.99 Å². The van der Waals surface area contributed by atoms with Gasteiger partial charge in [-0.1, -0.05) is 44.6 Å². The van der Waals surface area contributed by atoms with E-state index in [1.54, 1.807) is 6.07 Å². The van der Waals surface area contributed by atoms with Crippen molar-refractivity contribution < 1.29 is 4.79 Å². The molecule has 1 aromatic rings. The summed E-state index contributed by atoms with van der Waals surface area (Å²) in [5.74, 6) is -0.00644.